The molecule has 0 saturated heterocycles. The molecule has 0 aliphatic rings. The normalized spacial score (nSPS) is 10.6. The maximum Gasteiger partial charge on any atom is 0.169 e. The zero-order valence-corrected chi connectivity index (χ0v) is 12.0. The Kier molecular flexibility index (Phi) is 5.03. The third-order valence-corrected chi connectivity index (χ3v) is 2.89. The molecule has 0 fully saturated rings. The van der Waals surface area contributed by atoms with E-state index < -0.39 is 0 Å². The fourth-order valence-corrected chi connectivity index (χ4v) is 1.91. The van der Waals surface area contributed by atoms with Gasteiger partial charge in [-0.1, -0.05) is 12.1 Å². The predicted octanol–water partition coefficient (Wildman–Crippen LogP) is 3.18. The molecule has 0 spiro atoms. The molecule has 0 atom stereocenters. The molecule has 5 heteroatoms. The predicted molar refractivity (Wildman–Crippen MR) is 77.7 cm³/mol. The van der Waals surface area contributed by atoms with Gasteiger partial charge in [-0.25, -0.2) is 0 Å². The summed E-state index contributed by atoms with van der Waals surface area (Å²) in [6.07, 6.45) is 0. The largest absolute Gasteiger partial charge is 0.504 e. The quantitative estimate of drug-likeness (QED) is 0.855. The highest BCUT2D eigenvalue weighted by Gasteiger charge is 2.10. The second kappa shape index (κ2) is 6.97. The summed E-state index contributed by atoms with van der Waals surface area (Å²) in [7, 11) is 3.18. The molecule has 0 unspecified atom stereocenters. The summed E-state index contributed by atoms with van der Waals surface area (Å²) in [5, 5.41) is 19.7. The molecule has 5 nitrogen and oxygen atoms in total. The van der Waals surface area contributed by atoms with Gasteiger partial charge in [-0.15, -0.1) is 0 Å². The van der Waals surface area contributed by atoms with E-state index in [2.05, 4.69) is 0 Å². The second-order valence-corrected chi connectivity index (χ2v) is 4.57. The van der Waals surface area contributed by atoms with Crippen molar-refractivity contribution in [3.05, 3.63) is 47.5 Å². The van der Waals surface area contributed by atoms with E-state index in [9.17, 15) is 10.2 Å². The first-order chi connectivity index (χ1) is 10.1. The van der Waals surface area contributed by atoms with Gasteiger partial charge in [-0.05, 0) is 35.4 Å². The molecule has 0 aliphatic heterocycles. The molecule has 0 amide bonds. The van der Waals surface area contributed by atoms with Crippen molar-refractivity contribution in [1.82, 2.24) is 0 Å². The monoisotopic (exact) mass is 290 g/mol. The van der Waals surface area contributed by atoms with Crippen LogP contribution in [-0.4, -0.2) is 24.4 Å². The van der Waals surface area contributed by atoms with Gasteiger partial charge in [0.2, 0.25) is 0 Å². The fraction of sp³-hybridized carbons (Fsp3) is 0.250. The minimum absolute atomic E-state index is 0.00797. The molecular formula is C16H18O5. The molecule has 112 valence electrons. The first kappa shape index (κ1) is 15.2. The summed E-state index contributed by atoms with van der Waals surface area (Å²) >= 11 is 0. The first-order valence-corrected chi connectivity index (χ1v) is 6.43. The van der Waals surface area contributed by atoms with E-state index >= 15 is 0 Å². The van der Waals surface area contributed by atoms with Crippen LogP contribution in [0.3, 0.4) is 0 Å². The SMILES string of the molecule is COCc1ccc(O)c(Oc2cc(COC)ccc2O)c1. The van der Waals surface area contributed by atoms with Crippen LogP contribution < -0.4 is 4.74 Å². The summed E-state index contributed by atoms with van der Waals surface area (Å²) in [5.41, 5.74) is 1.72. The Labute approximate surface area is 123 Å². The summed E-state index contributed by atoms with van der Waals surface area (Å²) in [5.74, 6) is 0.502. The third-order valence-electron chi connectivity index (χ3n) is 2.89. The van der Waals surface area contributed by atoms with E-state index in [-0.39, 0.29) is 23.0 Å². The van der Waals surface area contributed by atoms with E-state index in [0.717, 1.165) is 11.1 Å². The van der Waals surface area contributed by atoms with Crippen LogP contribution in [0.2, 0.25) is 0 Å². The molecule has 0 saturated carbocycles. The Hall–Kier alpha value is -2.24. The van der Waals surface area contributed by atoms with Gasteiger partial charge in [0, 0.05) is 14.2 Å². The molecule has 0 radical (unpaired) electrons. The molecule has 2 rings (SSSR count). The lowest BCUT2D eigenvalue weighted by molar-refractivity contribution is 0.184. The Morgan fingerprint density at radius 2 is 1.19 bits per heavy atom. The highest BCUT2D eigenvalue weighted by Crippen LogP contribution is 2.36. The van der Waals surface area contributed by atoms with E-state index in [1.807, 2.05) is 0 Å². The number of hydrogen-bond acceptors (Lipinski definition) is 5. The van der Waals surface area contributed by atoms with Crippen LogP contribution in [0.4, 0.5) is 0 Å². The standard InChI is InChI=1S/C16H18O5/c1-19-9-11-3-5-13(17)15(7-11)21-16-8-12(10-20-2)4-6-14(16)18/h3-8,17-18H,9-10H2,1-2H3. The lowest BCUT2D eigenvalue weighted by Gasteiger charge is -2.12. The smallest absolute Gasteiger partial charge is 0.169 e. The van der Waals surface area contributed by atoms with Crippen LogP contribution in [0.1, 0.15) is 11.1 Å². The van der Waals surface area contributed by atoms with Crippen molar-refractivity contribution >= 4 is 0 Å². The second-order valence-electron chi connectivity index (χ2n) is 4.57. The average Bonchev–Trinajstić information content (AvgIpc) is 2.46. The Bertz CT molecular complexity index is 556. The van der Waals surface area contributed by atoms with Crippen molar-refractivity contribution in [2.24, 2.45) is 0 Å². The van der Waals surface area contributed by atoms with Crippen LogP contribution in [0, 0.1) is 0 Å². The van der Waals surface area contributed by atoms with Gasteiger partial charge < -0.3 is 24.4 Å². The molecule has 0 aromatic heterocycles. The van der Waals surface area contributed by atoms with Gasteiger partial charge in [-0.2, -0.15) is 0 Å². The van der Waals surface area contributed by atoms with Crippen LogP contribution in [0.5, 0.6) is 23.0 Å². The number of methoxy groups -OCH3 is 2. The molecule has 0 bridgehead atoms. The van der Waals surface area contributed by atoms with Crippen molar-refractivity contribution in [2.45, 2.75) is 13.2 Å². The number of phenolic OH excluding ortho intramolecular Hbond substituents is 2. The summed E-state index contributed by atoms with van der Waals surface area (Å²) in [6.45, 7) is 0.818. The Morgan fingerprint density at radius 3 is 1.57 bits per heavy atom. The maximum atomic E-state index is 9.86. The lowest BCUT2D eigenvalue weighted by Crippen LogP contribution is -1.92. The Balaban J connectivity index is 2.28. The van der Waals surface area contributed by atoms with E-state index in [0.29, 0.717) is 13.2 Å². The highest BCUT2D eigenvalue weighted by molar-refractivity contribution is 5.49. The molecular weight excluding hydrogens is 272 g/mol. The van der Waals surface area contributed by atoms with Crippen LogP contribution in [0.15, 0.2) is 36.4 Å². The van der Waals surface area contributed by atoms with Crippen molar-refractivity contribution in [3.8, 4) is 23.0 Å². The number of rotatable bonds is 6. The molecule has 0 aliphatic carbocycles. The van der Waals surface area contributed by atoms with Crippen molar-refractivity contribution in [2.75, 3.05) is 14.2 Å². The van der Waals surface area contributed by atoms with Gasteiger partial charge in [0.1, 0.15) is 0 Å². The van der Waals surface area contributed by atoms with Gasteiger partial charge in [-0.3, -0.25) is 0 Å². The summed E-state index contributed by atoms with van der Waals surface area (Å²) < 4.78 is 15.7. The Morgan fingerprint density at radius 1 is 0.762 bits per heavy atom. The van der Waals surface area contributed by atoms with Crippen LogP contribution >= 0.6 is 0 Å². The third kappa shape index (κ3) is 3.87. The van der Waals surface area contributed by atoms with E-state index in [4.69, 9.17) is 14.2 Å². The van der Waals surface area contributed by atoms with Gasteiger partial charge >= 0.3 is 0 Å². The van der Waals surface area contributed by atoms with Gasteiger partial charge in [0.15, 0.2) is 23.0 Å². The summed E-state index contributed by atoms with van der Waals surface area (Å²) in [4.78, 5) is 0. The first-order valence-electron chi connectivity index (χ1n) is 6.43. The molecule has 2 N–H and O–H groups in total. The van der Waals surface area contributed by atoms with Crippen molar-refractivity contribution in [3.63, 3.8) is 0 Å². The van der Waals surface area contributed by atoms with Crippen LogP contribution in [-0.2, 0) is 22.7 Å². The molecule has 2 aromatic carbocycles. The molecule has 0 heterocycles. The number of benzene rings is 2. The minimum Gasteiger partial charge on any atom is -0.504 e. The van der Waals surface area contributed by atoms with Gasteiger partial charge in [0.25, 0.3) is 0 Å². The van der Waals surface area contributed by atoms with Crippen LogP contribution in [0.25, 0.3) is 0 Å². The zero-order chi connectivity index (χ0) is 15.2. The highest BCUT2D eigenvalue weighted by atomic mass is 16.5. The van der Waals surface area contributed by atoms with E-state index in [1.165, 1.54) is 12.1 Å². The zero-order valence-electron chi connectivity index (χ0n) is 12.0. The topological polar surface area (TPSA) is 68.2 Å². The number of ether oxygens (including phenoxy) is 3. The van der Waals surface area contributed by atoms with E-state index in [1.54, 1.807) is 38.5 Å². The number of aromatic hydroxyl groups is 2. The fourth-order valence-electron chi connectivity index (χ4n) is 1.91. The van der Waals surface area contributed by atoms with Gasteiger partial charge in [0.05, 0.1) is 13.2 Å². The van der Waals surface area contributed by atoms with Crippen molar-refractivity contribution < 1.29 is 24.4 Å². The lowest BCUT2D eigenvalue weighted by atomic mass is 10.2. The minimum atomic E-state index is -0.00797. The molecule has 21 heavy (non-hydrogen) atoms. The summed E-state index contributed by atoms with van der Waals surface area (Å²) in [6, 6.07) is 9.88. The number of hydrogen-bond donors (Lipinski definition) is 2. The van der Waals surface area contributed by atoms with Crippen molar-refractivity contribution in [1.29, 1.82) is 0 Å². The average molecular weight is 290 g/mol. The molecule has 2 aromatic rings. The number of phenols is 2. The maximum absolute atomic E-state index is 9.86.